The maximum atomic E-state index is 12.0. The molecule has 0 aromatic carbocycles. The summed E-state index contributed by atoms with van der Waals surface area (Å²) in [7, 11) is -1.56. The third-order valence-corrected chi connectivity index (χ3v) is 4.65. The van der Waals surface area contributed by atoms with E-state index in [-0.39, 0.29) is 5.75 Å². The van der Waals surface area contributed by atoms with Gasteiger partial charge < -0.3 is 5.32 Å². The Bertz CT molecular complexity index is 460. The van der Waals surface area contributed by atoms with Crippen molar-refractivity contribution in [2.75, 3.05) is 25.9 Å². The molecule has 0 spiro atoms. The van der Waals surface area contributed by atoms with Crippen LogP contribution in [0.15, 0.2) is 24.4 Å². The Balaban J connectivity index is 2.41. The standard InChI is InChI=1S/C13H23N3O2S/c1-12(2)14-9-11-19(17,18)16(3)10-7-13-6-4-5-8-15-13/h4-6,8,12,14H,7,9-11H2,1-3H3. The van der Waals surface area contributed by atoms with Crippen molar-refractivity contribution in [2.45, 2.75) is 26.3 Å². The number of sulfonamides is 1. The van der Waals surface area contributed by atoms with Crippen LogP contribution in [0.2, 0.25) is 0 Å². The SMILES string of the molecule is CC(C)NCCS(=O)(=O)N(C)CCc1ccccn1. The van der Waals surface area contributed by atoms with Crippen molar-refractivity contribution in [1.82, 2.24) is 14.6 Å². The van der Waals surface area contributed by atoms with Gasteiger partial charge in [-0.1, -0.05) is 19.9 Å². The van der Waals surface area contributed by atoms with Gasteiger partial charge in [0.05, 0.1) is 5.75 Å². The molecule has 0 fully saturated rings. The zero-order valence-electron chi connectivity index (χ0n) is 11.8. The maximum Gasteiger partial charge on any atom is 0.215 e. The van der Waals surface area contributed by atoms with Crippen molar-refractivity contribution in [1.29, 1.82) is 0 Å². The molecule has 0 radical (unpaired) electrons. The van der Waals surface area contributed by atoms with E-state index in [1.54, 1.807) is 13.2 Å². The average molecular weight is 285 g/mol. The molecule has 108 valence electrons. The Hall–Kier alpha value is -0.980. The second kappa shape index (κ2) is 7.57. The monoisotopic (exact) mass is 285 g/mol. The van der Waals surface area contributed by atoms with Crippen molar-refractivity contribution in [3.8, 4) is 0 Å². The molecule has 1 aromatic rings. The van der Waals surface area contributed by atoms with Crippen LogP contribution in [0, 0.1) is 0 Å². The highest BCUT2D eigenvalue weighted by Crippen LogP contribution is 2.01. The van der Waals surface area contributed by atoms with Crippen molar-refractivity contribution in [2.24, 2.45) is 0 Å². The second-order valence-corrected chi connectivity index (χ2v) is 7.01. The van der Waals surface area contributed by atoms with E-state index in [4.69, 9.17) is 0 Å². The van der Waals surface area contributed by atoms with Gasteiger partial charge in [0.1, 0.15) is 0 Å². The highest BCUT2D eigenvalue weighted by Gasteiger charge is 2.17. The van der Waals surface area contributed by atoms with Crippen molar-refractivity contribution < 1.29 is 8.42 Å². The first kappa shape index (κ1) is 16.1. The summed E-state index contributed by atoms with van der Waals surface area (Å²) in [6.45, 7) is 4.93. The van der Waals surface area contributed by atoms with Crippen molar-refractivity contribution in [3.63, 3.8) is 0 Å². The van der Waals surface area contributed by atoms with Gasteiger partial charge in [-0.05, 0) is 12.1 Å². The van der Waals surface area contributed by atoms with Gasteiger partial charge in [0, 0.05) is 44.5 Å². The molecule has 19 heavy (non-hydrogen) atoms. The number of hydrogen-bond acceptors (Lipinski definition) is 4. The van der Waals surface area contributed by atoms with Gasteiger partial charge in [0.15, 0.2) is 0 Å². The van der Waals surface area contributed by atoms with Gasteiger partial charge >= 0.3 is 0 Å². The van der Waals surface area contributed by atoms with Crippen LogP contribution < -0.4 is 5.32 Å². The third-order valence-electron chi connectivity index (χ3n) is 2.80. The van der Waals surface area contributed by atoms with Gasteiger partial charge in [-0.25, -0.2) is 12.7 Å². The Morgan fingerprint density at radius 3 is 2.68 bits per heavy atom. The van der Waals surface area contributed by atoms with Gasteiger partial charge in [0.2, 0.25) is 10.0 Å². The molecule has 1 heterocycles. The number of hydrogen-bond donors (Lipinski definition) is 1. The summed E-state index contributed by atoms with van der Waals surface area (Å²) in [6, 6.07) is 5.96. The lowest BCUT2D eigenvalue weighted by Gasteiger charge is -2.17. The zero-order chi connectivity index (χ0) is 14.3. The van der Waals surface area contributed by atoms with E-state index in [2.05, 4.69) is 10.3 Å². The van der Waals surface area contributed by atoms with E-state index < -0.39 is 10.0 Å². The minimum Gasteiger partial charge on any atom is -0.313 e. The lowest BCUT2D eigenvalue weighted by Crippen LogP contribution is -2.36. The molecule has 0 bridgehead atoms. The van der Waals surface area contributed by atoms with Gasteiger partial charge in [-0.3, -0.25) is 4.98 Å². The molecule has 0 amide bonds. The number of pyridine rings is 1. The van der Waals surface area contributed by atoms with Gasteiger partial charge in [-0.2, -0.15) is 0 Å². The predicted octanol–water partition coefficient (Wildman–Crippen LogP) is 0.884. The number of nitrogens with zero attached hydrogens (tertiary/aromatic N) is 2. The Labute approximate surface area is 116 Å². The number of aromatic nitrogens is 1. The van der Waals surface area contributed by atoms with Crippen LogP contribution >= 0.6 is 0 Å². The number of rotatable bonds is 8. The molecule has 0 aliphatic rings. The van der Waals surface area contributed by atoms with Crippen LogP contribution in [0.1, 0.15) is 19.5 Å². The predicted molar refractivity (Wildman–Crippen MR) is 77.5 cm³/mol. The molecule has 5 nitrogen and oxygen atoms in total. The fraction of sp³-hybridized carbons (Fsp3) is 0.615. The van der Waals surface area contributed by atoms with Gasteiger partial charge in [0.25, 0.3) is 0 Å². The summed E-state index contributed by atoms with van der Waals surface area (Å²) in [5.41, 5.74) is 0.907. The smallest absolute Gasteiger partial charge is 0.215 e. The van der Waals surface area contributed by atoms with E-state index >= 15 is 0 Å². The summed E-state index contributed by atoms with van der Waals surface area (Å²) in [5, 5.41) is 3.11. The quantitative estimate of drug-likeness (QED) is 0.770. The van der Waals surface area contributed by atoms with Crippen LogP contribution in [0.25, 0.3) is 0 Å². The highest BCUT2D eigenvalue weighted by atomic mass is 32.2. The molecule has 1 aromatic heterocycles. The van der Waals surface area contributed by atoms with Crippen LogP contribution in [0.4, 0.5) is 0 Å². The van der Waals surface area contributed by atoms with Crippen LogP contribution in [-0.2, 0) is 16.4 Å². The van der Waals surface area contributed by atoms with Crippen molar-refractivity contribution in [3.05, 3.63) is 30.1 Å². The summed E-state index contributed by atoms with van der Waals surface area (Å²) in [4.78, 5) is 4.18. The van der Waals surface area contributed by atoms with E-state index in [0.29, 0.717) is 25.6 Å². The fourth-order valence-corrected chi connectivity index (χ4v) is 2.65. The number of likely N-dealkylation sites (N-methyl/N-ethyl adjacent to an activating group) is 1. The largest absolute Gasteiger partial charge is 0.313 e. The van der Waals surface area contributed by atoms with Crippen LogP contribution in [0.5, 0.6) is 0 Å². The first-order valence-electron chi connectivity index (χ1n) is 6.49. The molecular formula is C13H23N3O2S. The minimum atomic E-state index is -3.18. The van der Waals surface area contributed by atoms with E-state index in [1.165, 1.54) is 4.31 Å². The van der Waals surface area contributed by atoms with Crippen LogP contribution in [0.3, 0.4) is 0 Å². The fourth-order valence-electron chi connectivity index (χ4n) is 1.59. The van der Waals surface area contributed by atoms with E-state index in [1.807, 2.05) is 32.0 Å². The summed E-state index contributed by atoms with van der Waals surface area (Å²) >= 11 is 0. The molecule has 0 aliphatic heterocycles. The molecule has 0 saturated carbocycles. The first-order chi connectivity index (χ1) is 8.92. The van der Waals surface area contributed by atoms with E-state index in [9.17, 15) is 8.42 Å². The minimum absolute atomic E-state index is 0.129. The number of nitrogens with one attached hydrogen (secondary N) is 1. The maximum absolute atomic E-state index is 12.0. The molecule has 0 aliphatic carbocycles. The molecular weight excluding hydrogens is 262 g/mol. The molecule has 0 saturated heterocycles. The highest BCUT2D eigenvalue weighted by molar-refractivity contribution is 7.89. The third kappa shape index (κ3) is 6.13. The normalized spacial score (nSPS) is 12.3. The Morgan fingerprint density at radius 2 is 2.11 bits per heavy atom. The van der Waals surface area contributed by atoms with Crippen LogP contribution in [-0.4, -0.2) is 49.6 Å². The molecule has 1 N–H and O–H groups in total. The van der Waals surface area contributed by atoms with Gasteiger partial charge in [-0.15, -0.1) is 0 Å². The second-order valence-electron chi connectivity index (χ2n) is 4.82. The lowest BCUT2D eigenvalue weighted by atomic mass is 10.3. The lowest BCUT2D eigenvalue weighted by molar-refractivity contribution is 0.467. The molecule has 0 atom stereocenters. The first-order valence-corrected chi connectivity index (χ1v) is 8.10. The zero-order valence-corrected chi connectivity index (χ0v) is 12.7. The summed E-state index contributed by atoms with van der Waals surface area (Å²) < 4.78 is 25.4. The molecule has 0 unspecified atom stereocenters. The Kier molecular flexibility index (Phi) is 6.41. The van der Waals surface area contributed by atoms with Crippen molar-refractivity contribution >= 4 is 10.0 Å². The Morgan fingerprint density at radius 1 is 1.37 bits per heavy atom. The molecule has 6 heteroatoms. The summed E-state index contributed by atoms with van der Waals surface area (Å²) in [6.07, 6.45) is 2.35. The topological polar surface area (TPSA) is 62.3 Å². The van der Waals surface area contributed by atoms with E-state index in [0.717, 1.165) is 5.69 Å². The summed E-state index contributed by atoms with van der Waals surface area (Å²) in [5.74, 6) is 0.129. The average Bonchev–Trinajstić information content (AvgIpc) is 2.36. The molecule has 1 rings (SSSR count).